The molecule has 2 N–H and O–H groups in total. The molecule has 0 radical (unpaired) electrons. The lowest BCUT2D eigenvalue weighted by atomic mass is 10.0. The lowest BCUT2D eigenvalue weighted by Crippen LogP contribution is -2.33. The maximum atomic E-state index is 11.7. The van der Waals surface area contributed by atoms with Gasteiger partial charge in [-0.1, -0.05) is 18.2 Å². The summed E-state index contributed by atoms with van der Waals surface area (Å²) in [6.07, 6.45) is 0.393. The summed E-state index contributed by atoms with van der Waals surface area (Å²) in [5, 5.41) is 0. The lowest BCUT2D eigenvalue weighted by molar-refractivity contribution is 0.0672. The van der Waals surface area contributed by atoms with E-state index in [0.29, 0.717) is 19.5 Å². The number of amides is 1. The van der Waals surface area contributed by atoms with Gasteiger partial charge in [-0.05, 0) is 25.6 Å². The molecule has 1 aromatic rings. The number of carbonyl (C=O) groups is 1. The number of ether oxygens (including phenoxy) is 1. The summed E-state index contributed by atoms with van der Waals surface area (Å²) in [7, 11) is 0. The van der Waals surface area contributed by atoms with E-state index in [1.54, 1.807) is 4.90 Å². The van der Waals surface area contributed by atoms with Crippen molar-refractivity contribution in [3.63, 3.8) is 0 Å². The first kappa shape index (κ1) is 11.0. The Morgan fingerprint density at radius 2 is 2.12 bits per heavy atom. The number of para-hydroxylation sites is 1. The molecule has 0 aliphatic carbocycles. The maximum Gasteiger partial charge on any atom is 0.415 e. The Balaban J connectivity index is 2.17. The fourth-order valence-corrected chi connectivity index (χ4v) is 1.94. The highest BCUT2D eigenvalue weighted by Crippen LogP contribution is 2.29. The molecule has 0 saturated carbocycles. The molecule has 1 unspecified atom stereocenters. The first-order valence-corrected chi connectivity index (χ1v) is 5.40. The molecule has 1 aliphatic rings. The molecule has 1 atom stereocenters. The number of nitrogens with zero attached hydrogens (tertiary/aromatic N) is 1. The summed E-state index contributed by atoms with van der Waals surface area (Å²) >= 11 is 0. The summed E-state index contributed by atoms with van der Waals surface area (Å²) < 4.78 is 5.36. The second-order valence-electron chi connectivity index (χ2n) is 4.28. The van der Waals surface area contributed by atoms with Crippen molar-refractivity contribution in [1.29, 1.82) is 0 Å². The van der Waals surface area contributed by atoms with Crippen molar-refractivity contribution < 1.29 is 9.53 Å². The third-order valence-electron chi connectivity index (χ3n) is 2.79. The third kappa shape index (κ3) is 2.02. The monoisotopic (exact) mass is 220 g/mol. The molecule has 1 fully saturated rings. The van der Waals surface area contributed by atoms with Crippen LogP contribution in [-0.4, -0.2) is 24.8 Å². The normalized spacial score (nSPS) is 24.6. The number of cyclic esters (lactones) is 1. The van der Waals surface area contributed by atoms with Crippen molar-refractivity contribution in [2.24, 2.45) is 5.73 Å². The molecule has 4 nitrogen and oxygen atoms in total. The molecular weight excluding hydrogens is 204 g/mol. The highest BCUT2D eigenvalue weighted by Gasteiger charge is 2.41. The van der Waals surface area contributed by atoms with Crippen molar-refractivity contribution in [3.8, 4) is 0 Å². The summed E-state index contributed by atoms with van der Waals surface area (Å²) in [6.45, 7) is 3.00. The SMILES string of the molecule is CC1(CCN)CN(c2ccccc2)C(=O)O1. The van der Waals surface area contributed by atoms with Gasteiger partial charge in [0.25, 0.3) is 0 Å². The van der Waals surface area contributed by atoms with E-state index >= 15 is 0 Å². The van der Waals surface area contributed by atoms with Crippen LogP contribution in [0.5, 0.6) is 0 Å². The first-order valence-electron chi connectivity index (χ1n) is 5.40. The Kier molecular flexibility index (Phi) is 2.83. The van der Waals surface area contributed by atoms with Gasteiger partial charge in [-0.15, -0.1) is 0 Å². The van der Waals surface area contributed by atoms with E-state index in [1.165, 1.54) is 0 Å². The van der Waals surface area contributed by atoms with Crippen molar-refractivity contribution >= 4 is 11.8 Å². The van der Waals surface area contributed by atoms with Crippen LogP contribution in [0.2, 0.25) is 0 Å². The van der Waals surface area contributed by atoms with Crippen LogP contribution in [0.25, 0.3) is 0 Å². The van der Waals surface area contributed by atoms with Gasteiger partial charge in [-0.25, -0.2) is 4.79 Å². The zero-order valence-corrected chi connectivity index (χ0v) is 9.35. The Morgan fingerprint density at radius 3 is 2.75 bits per heavy atom. The van der Waals surface area contributed by atoms with Crippen LogP contribution in [0.15, 0.2) is 30.3 Å². The molecule has 4 heteroatoms. The Labute approximate surface area is 95.0 Å². The number of benzene rings is 1. The molecule has 1 aromatic carbocycles. The lowest BCUT2D eigenvalue weighted by Gasteiger charge is -2.20. The Bertz CT molecular complexity index is 380. The third-order valence-corrected chi connectivity index (χ3v) is 2.79. The number of anilines is 1. The van der Waals surface area contributed by atoms with Gasteiger partial charge in [0.15, 0.2) is 0 Å². The van der Waals surface area contributed by atoms with Crippen LogP contribution in [0.4, 0.5) is 10.5 Å². The van der Waals surface area contributed by atoms with Gasteiger partial charge in [0, 0.05) is 12.1 Å². The van der Waals surface area contributed by atoms with E-state index in [9.17, 15) is 4.79 Å². The minimum Gasteiger partial charge on any atom is -0.441 e. The predicted molar refractivity (Wildman–Crippen MR) is 62.3 cm³/mol. The highest BCUT2D eigenvalue weighted by atomic mass is 16.6. The smallest absolute Gasteiger partial charge is 0.415 e. The van der Waals surface area contributed by atoms with Crippen LogP contribution in [0, 0.1) is 0 Å². The number of nitrogens with two attached hydrogens (primary N) is 1. The second kappa shape index (κ2) is 4.14. The fraction of sp³-hybridized carbons (Fsp3) is 0.417. The van der Waals surface area contributed by atoms with E-state index in [0.717, 1.165) is 5.69 Å². The molecule has 1 aliphatic heterocycles. The molecule has 1 saturated heterocycles. The molecule has 1 heterocycles. The van der Waals surface area contributed by atoms with Gasteiger partial charge < -0.3 is 10.5 Å². The van der Waals surface area contributed by atoms with Crippen LogP contribution in [0.1, 0.15) is 13.3 Å². The standard InChI is InChI=1S/C12H16N2O2/c1-12(7-8-13)9-14(11(15)16-12)10-5-3-2-4-6-10/h2-6H,7-9,13H2,1H3. The minimum atomic E-state index is -0.457. The largest absolute Gasteiger partial charge is 0.441 e. The van der Waals surface area contributed by atoms with Crippen molar-refractivity contribution in [1.82, 2.24) is 0 Å². The Hall–Kier alpha value is -1.55. The summed E-state index contributed by atoms with van der Waals surface area (Å²) in [5.74, 6) is 0. The number of carbonyl (C=O) groups excluding carboxylic acids is 1. The number of rotatable bonds is 3. The molecular formula is C12H16N2O2. The quantitative estimate of drug-likeness (QED) is 0.844. The van der Waals surface area contributed by atoms with E-state index in [4.69, 9.17) is 10.5 Å². The zero-order chi connectivity index (χ0) is 11.6. The van der Waals surface area contributed by atoms with E-state index in [-0.39, 0.29) is 6.09 Å². The zero-order valence-electron chi connectivity index (χ0n) is 9.35. The van der Waals surface area contributed by atoms with Crippen LogP contribution in [0.3, 0.4) is 0 Å². The molecule has 1 amide bonds. The maximum absolute atomic E-state index is 11.7. The molecule has 0 aromatic heterocycles. The molecule has 16 heavy (non-hydrogen) atoms. The van der Waals surface area contributed by atoms with E-state index in [1.807, 2.05) is 37.3 Å². The fourth-order valence-electron chi connectivity index (χ4n) is 1.94. The average Bonchev–Trinajstić information content (AvgIpc) is 2.56. The topological polar surface area (TPSA) is 55.6 Å². The minimum absolute atomic E-state index is 0.290. The van der Waals surface area contributed by atoms with E-state index < -0.39 is 5.60 Å². The molecule has 86 valence electrons. The van der Waals surface area contributed by atoms with E-state index in [2.05, 4.69) is 0 Å². The van der Waals surface area contributed by atoms with Crippen LogP contribution < -0.4 is 10.6 Å². The Morgan fingerprint density at radius 1 is 1.44 bits per heavy atom. The van der Waals surface area contributed by atoms with Crippen LogP contribution >= 0.6 is 0 Å². The van der Waals surface area contributed by atoms with Gasteiger partial charge in [0.2, 0.25) is 0 Å². The van der Waals surface area contributed by atoms with Crippen molar-refractivity contribution in [3.05, 3.63) is 30.3 Å². The van der Waals surface area contributed by atoms with Gasteiger partial charge in [0.1, 0.15) is 5.60 Å². The second-order valence-corrected chi connectivity index (χ2v) is 4.28. The number of hydrogen-bond donors (Lipinski definition) is 1. The van der Waals surface area contributed by atoms with Gasteiger partial charge in [0.05, 0.1) is 6.54 Å². The highest BCUT2D eigenvalue weighted by molar-refractivity contribution is 5.90. The van der Waals surface area contributed by atoms with Gasteiger partial charge in [-0.2, -0.15) is 0 Å². The predicted octanol–water partition coefficient (Wildman–Crippen LogP) is 1.75. The van der Waals surface area contributed by atoms with Crippen LogP contribution in [-0.2, 0) is 4.74 Å². The molecule has 0 bridgehead atoms. The average molecular weight is 220 g/mol. The summed E-state index contributed by atoms with van der Waals surface area (Å²) in [4.78, 5) is 13.4. The number of hydrogen-bond acceptors (Lipinski definition) is 3. The van der Waals surface area contributed by atoms with Gasteiger partial charge in [-0.3, -0.25) is 4.90 Å². The summed E-state index contributed by atoms with van der Waals surface area (Å²) in [5.41, 5.74) is 5.93. The summed E-state index contributed by atoms with van der Waals surface area (Å²) in [6, 6.07) is 9.53. The van der Waals surface area contributed by atoms with Crippen molar-refractivity contribution in [2.75, 3.05) is 18.0 Å². The first-order chi connectivity index (χ1) is 7.64. The molecule has 0 spiro atoms. The molecule has 2 rings (SSSR count). The van der Waals surface area contributed by atoms with Gasteiger partial charge >= 0.3 is 6.09 Å². The van der Waals surface area contributed by atoms with Crippen molar-refractivity contribution in [2.45, 2.75) is 18.9 Å².